The van der Waals surface area contributed by atoms with Crippen LogP contribution < -0.4 is 0 Å². The molecule has 0 amide bonds. The van der Waals surface area contributed by atoms with Crippen molar-refractivity contribution in [3.05, 3.63) is 35.6 Å². The van der Waals surface area contributed by atoms with Crippen LogP contribution in [0, 0.1) is 11.7 Å². The molecule has 0 N–H and O–H groups in total. The quantitative estimate of drug-likeness (QED) is 0.682. The third kappa shape index (κ3) is 1.40. The van der Waals surface area contributed by atoms with Gasteiger partial charge in [-0.1, -0.05) is 34.1 Å². The predicted octanol–water partition coefficient (Wildman–Crippen LogP) is 3.32. The summed E-state index contributed by atoms with van der Waals surface area (Å²) in [5.41, 5.74) is 0.891. The first-order valence-corrected chi connectivity index (χ1v) is 5.25. The van der Waals surface area contributed by atoms with E-state index in [9.17, 15) is 4.39 Å². The maximum absolute atomic E-state index is 13.2. The molecular weight excluding hydrogens is 219 g/mol. The molecule has 0 saturated heterocycles. The fourth-order valence-corrected chi connectivity index (χ4v) is 2.29. The molecule has 1 aromatic carbocycles. The topological polar surface area (TPSA) is 0 Å². The molecule has 64 valence electrons. The molecule has 0 bridgehead atoms. The molecule has 2 rings (SSSR count). The highest BCUT2D eigenvalue weighted by atomic mass is 79.9. The van der Waals surface area contributed by atoms with Crippen LogP contribution in [-0.2, 0) is 0 Å². The SMILES string of the molecule is Fc1ccccc1C1CC1CBr. The molecule has 1 saturated carbocycles. The number of benzene rings is 1. The second-order valence-electron chi connectivity index (χ2n) is 3.28. The average Bonchev–Trinajstić information content (AvgIpc) is 2.84. The molecule has 1 fully saturated rings. The van der Waals surface area contributed by atoms with E-state index in [4.69, 9.17) is 0 Å². The Labute approximate surface area is 79.9 Å². The third-order valence-corrected chi connectivity index (χ3v) is 3.26. The smallest absolute Gasteiger partial charge is 0.126 e. The van der Waals surface area contributed by atoms with E-state index in [2.05, 4.69) is 15.9 Å². The van der Waals surface area contributed by atoms with Gasteiger partial charge in [0.05, 0.1) is 0 Å². The van der Waals surface area contributed by atoms with E-state index in [0.717, 1.165) is 17.3 Å². The lowest BCUT2D eigenvalue weighted by Crippen LogP contribution is -1.88. The third-order valence-electron chi connectivity index (χ3n) is 2.43. The van der Waals surface area contributed by atoms with Crippen LogP contribution in [-0.4, -0.2) is 5.33 Å². The normalized spacial score (nSPS) is 27.2. The van der Waals surface area contributed by atoms with Crippen LogP contribution in [0.2, 0.25) is 0 Å². The molecule has 2 heteroatoms. The van der Waals surface area contributed by atoms with Crippen molar-refractivity contribution in [2.75, 3.05) is 5.33 Å². The zero-order chi connectivity index (χ0) is 8.55. The lowest BCUT2D eigenvalue weighted by Gasteiger charge is -1.99. The second-order valence-corrected chi connectivity index (χ2v) is 3.93. The number of hydrogen-bond acceptors (Lipinski definition) is 0. The van der Waals surface area contributed by atoms with E-state index in [1.165, 1.54) is 0 Å². The highest BCUT2D eigenvalue weighted by molar-refractivity contribution is 9.09. The van der Waals surface area contributed by atoms with Gasteiger partial charge in [0, 0.05) is 5.33 Å². The monoisotopic (exact) mass is 228 g/mol. The van der Waals surface area contributed by atoms with Crippen molar-refractivity contribution in [2.45, 2.75) is 12.3 Å². The van der Waals surface area contributed by atoms with Gasteiger partial charge in [-0.15, -0.1) is 0 Å². The molecular formula is C10H10BrF. The van der Waals surface area contributed by atoms with Gasteiger partial charge in [-0.3, -0.25) is 0 Å². The lowest BCUT2D eigenvalue weighted by atomic mass is 10.1. The Bertz CT molecular complexity index is 285. The Balaban J connectivity index is 2.19. The van der Waals surface area contributed by atoms with Crippen molar-refractivity contribution >= 4 is 15.9 Å². The highest BCUT2D eigenvalue weighted by Gasteiger charge is 2.38. The van der Waals surface area contributed by atoms with E-state index < -0.39 is 0 Å². The second kappa shape index (κ2) is 3.17. The van der Waals surface area contributed by atoms with Gasteiger partial charge in [0.2, 0.25) is 0 Å². The summed E-state index contributed by atoms with van der Waals surface area (Å²) in [6.07, 6.45) is 1.13. The minimum absolute atomic E-state index is 0.0500. The Hall–Kier alpha value is -0.370. The summed E-state index contributed by atoms with van der Waals surface area (Å²) in [7, 11) is 0. The molecule has 2 atom stereocenters. The van der Waals surface area contributed by atoms with Crippen LogP contribution in [0.15, 0.2) is 24.3 Å². The molecule has 0 spiro atoms. The molecule has 1 aromatic rings. The maximum atomic E-state index is 13.2. The summed E-state index contributed by atoms with van der Waals surface area (Å²) in [5.74, 6) is 1.07. The van der Waals surface area contributed by atoms with Crippen LogP contribution >= 0.6 is 15.9 Å². The van der Waals surface area contributed by atoms with Crippen LogP contribution in [0.25, 0.3) is 0 Å². The van der Waals surface area contributed by atoms with Crippen molar-refractivity contribution in [3.63, 3.8) is 0 Å². The first-order chi connectivity index (χ1) is 5.83. The molecule has 0 aromatic heterocycles. The minimum Gasteiger partial charge on any atom is -0.207 e. The molecule has 0 heterocycles. The lowest BCUT2D eigenvalue weighted by molar-refractivity contribution is 0.608. The molecule has 0 nitrogen and oxygen atoms in total. The van der Waals surface area contributed by atoms with Gasteiger partial charge >= 0.3 is 0 Å². The first kappa shape index (κ1) is 8.24. The Morgan fingerprint density at radius 2 is 2.17 bits per heavy atom. The maximum Gasteiger partial charge on any atom is 0.126 e. The van der Waals surface area contributed by atoms with Gasteiger partial charge in [-0.05, 0) is 29.9 Å². The molecule has 12 heavy (non-hydrogen) atoms. The van der Waals surface area contributed by atoms with E-state index in [0.29, 0.717) is 11.8 Å². The zero-order valence-electron chi connectivity index (χ0n) is 6.63. The van der Waals surface area contributed by atoms with Crippen LogP contribution in [0.4, 0.5) is 4.39 Å². The Kier molecular flexibility index (Phi) is 2.18. The fourth-order valence-electron chi connectivity index (χ4n) is 1.57. The fraction of sp³-hybridized carbons (Fsp3) is 0.400. The number of rotatable bonds is 2. The van der Waals surface area contributed by atoms with E-state index in [1.54, 1.807) is 12.1 Å². The molecule has 0 radical (unpaired) electrons. The first-order valence-electron chi connectivity index (χ1n) is 4.13. The summed E-state index contributed by atoms with van der Waals surface area (Å²) in [5, 5.41) is 0.992. The van der Waals surface area contributed by atoms with E-state index >= 15 is 0 Å². The summed E-state index contributed by atoms with van der Waals surface area (Å²) >= 11 is 3.42. The highest BCUT2D eigenvalue weighted by Crippen LogP contribution is 2.48. The van der Waals surface area contributed by atoms with Gasteiger partial charge in [-0.2, -0.15) is 0 Å². The number of alkyl halides is 1. The zero-order valence-corrected chi connectivity index (χ0v) is 8.22. The molecule has 1 aliphatic rings. The predicted molar refractivity (Wildman–Crippen MR) is 51.0 cm³/mol. The van der Waals surface area contributed by atoms with Crippen LogP contribution in [0.3, 0.4) is 0 Å². The number of hydrogen-bond donors (Lipinski definition) is 0. The minimum atomic E-state index is -0.0500. The van der Waals surface area contributed by atoms with Gasteiger partial charge in [0.25, 0.3) is 0 Å². The van der Waals surface area contributed by atoms with Gasteiger partial charge < -0.3 is 0 Å². The molecule has 0 aliphatic heterocycles. The van der Waals surface area contributed by atoms with Crippen molar-refractivity contribution < 1.29 is 4.39 Å². The van der Waals surface area contributed by atoms with Gasteiger partial charge in [0.1, 0.15) is 5.82 Å². The summed E-state index contributed by atoms with van der Waals surface area (Å²) in [6, 6.07) is 7.08. The largest absolute Gasteiger partial charge is 0.207 e. The van der Waals surface area contributed by atoms with Crippen LogP contribution in [0.5, 0.6) is 0 Å². The summed E-state index contributed by atoms with van der Waals surface area (Å²) < 4.78 is 13.2. The molecule has 1 aliphatic carbocycles. The van der Waals surface area contributed by atoms with E-state index in [1.807, 2.05) is 12.1 Å². The van der Waals surface area contributed by atoms with Crippen molar-refractivity contribution in [1.82, 2.24) is 0 Å². The average molecular weight is 229 g/mol. The van der Waals surface area contributed by atoms with Gasteiger partial charge in [0.15, 0.2) is 0 Å². The summed E-state index contributed by atoms with van der Waals surface area (Å²) in [6.45, 7) is 0. The standard InChI is InChI=1S/C10H10BrF/c11-6-7-5-9(7)8-3-1-2-4-10(8)12/h1-4,7,9H,5-6H2. The molecule has 2 unspecified atom stereocenters. The van der Waals surface area contributed by atoms with Crippen molar-refractivity contribution in [3.8, 4) is 0 Å². The summed E-state index contributed by atoms with van der Waals surface area (Å²) in [4.78, 5) is 0. The van der Waals surface area contributed by atoms with E-state index in [-0.39, 0.29) is 5.82 Å². The Morgan fingerprint density at radius 3 is 2.75 bits per heavy atom. The van der Waals surface area contributed by atoms with Gasteiger partial charge in [-0.25, -0.2) is 4.39 Å². The van der Waals surface area contributed by atoms with Crippen molar-refractivity contribution in [1.29, 1.82) is 0 Å². The Morgan fingerprint density at radius 1 is 1.42 bits per heavy atom. The van der Waals surface area contributed by atoms with Crippen molar-refractivity contribution in [2.24, 2.45) is 5.92 Å². The van der Waals surface area contributed by atoms with Crippen LogP contribution in [0.1, 0.15) is 17.9 Å². The number of halogens is 2.